The molecule has 0 aliphatic rings. The van der Waals surface area contributed by atoms with Crippen LogP contribution in [0.3, 0.4) is 0 Å². The zero-order valence-corrected chi connectivity index (χ0v) is 11.1. The molecular formula is C14H14BrNO2. The summed E-state index contributed by atoms with van der Waals surface area (Å²) < 4.78 is 52.9. The van der Waals surface area contributed by atoms with Gasteiger partial charge in [0.1, 0.15) is 5.75 Å². The molecule has 3 nitrogen and oxygen atoms in total. The van der Waals surface area contributed by atoms with Gasteiger partial charge in [-0.3, -0.25) is 4.79 Å². The normalized spacial score (nSPS) is 16.8. The molecule has 18 heavy (non-hydrogen) atoms. The van der Waals surface area contributed by atoms with E-state index < -0.39 is 13.7 Å². The number of aryl methyl sites for hydroxylation is 3. The third-order valence-corrected chi connectivity index (χ3v) is 2.99. The van der Waals surface area contributed by atoms with Crippen molar-refractivity contribution < 1.29 is 13.0 Å². The van der Waals surface area contributed by atoms with Gasteiger partial charge in [0.05, 0.1) is 10.7 Å². The summed E-state index contributed by atoms with van der Waals surface area (Å²) in [5, 5.41) is 0. The fourth-order valence-electron chi connectivity index (χ4n) is 1.41. The number of para-hydroxylation sites is 1. The summed E-state index contributed by atoms with van der Waals surface area (Å²) in [5.74, 6) is -0.115. The second kappa shape index (κ2) is 4.98. The fraction of sp³-hybridized carbons (Fsp3) is 0.214. The summed E-state index contributed by atoms with van der Waals surface area (Å²) in [4.78, 5) is 11.6. The van der Waals surface area contributed by atoms with Crippen molar-refractivity contribution in [2.24, 2.45) is 7.05 Å². The van der Waals surface area contributed by atoms with Gasteiger partial charge in [-0.15, -0.1) is 0 Å². The van der Waals surface area contributed by atoms with Gasteiger partial charge in [-0.05, 0) is 40.8 Å². The Morgan fingerprint density at radius 2 is 2.00 bits per heavy atom. The zero-order valence-electron chi connectivity index (χ0n) is 15.5. The summed E-state index contributed by atoms with van der Waals surface area (Å²) in [7, 11) is 1.50. The highest BCUT2D eigenvalue weighted by atomic mass is 79.9. The second-order valence-corrected chi connectivity index (χ2v) is 4.57. The number of halogens is 1. The Kier molecular flexibility index (Phi) is 1.98. The van der Waals surface area contributed by atoms with E-state index in [4.69, 9.17) is 13.0 Å². The Bertz CT molecular complexity index is 793. The molecule has 2 aromatic rings. The molecule has 1 heterocycles. The van der Waals surface area contributed by atoms with Gasteiger partial charge in [0.15, 0.2) is 5.75 Å². The van der Waals surface area contributed by atoms with Gasteiger partial charge in [-0.1, -0.05) is 18.2 Å². The van der Waals surface area contributed by atoms with E-state index in [9.17, 15) is 4.79 Å². The van der Waals surface area contributed by atoms with Gasteiger partial charge in [0, 0.05) is 21.3 Å². The van der Waals surface area contributed by atoms with Gasteiger partial charge >= 0.3 is 0 Å². The highest BCUT2D eigenvalue weighted by Gasteiger charge is 2.09. The Morgan fingerprint density at radius 3 is 2.61 bits per heavy atom. The number of pyridine rings is 1. The van der Waals surface area contributed by atoms with Gasteiger partial charge in [0.2, 0.25) is 0 Å². The van der Waals surface area contributed by atoms with E-state index in [-0.39, 0.29) is 28.2 Å². The molecule has 0 amide bonds. The standard InChI is InChI=1S/C14H14BrNO2/c1-9-5-4-6-10(2)14(9)18-12-8-16(3)13(17)7-11(12)15/h4-8H,1-3H3/i1D3,2D3. The van der Waals surface area contributed by atoms with Crippen LogP contribution in [0.1, 0.15) is 19.4 Å². The van der Waals surface area contributed by atoms with Crippen molar-refractivity contribution in [2.75, 3.05) is 0 Å². The average molecular weight is 314 g/mol. The van der Waals surface area contributed by atoms with Crippen LogP contribution in [0.25, 0.3) is 0 Å². The van der Waals surface area contributed by atoms with Crippen LogP contribution in [0, 0.1) is 13.7 Å². The van der Waals surface area contributed by atoms with E-state index in [0.717, 1.165) is 0 Å². The van der Waals surface area contributed by atoms with Crippen LogP contribution in [0.4, 0.5) is 0 Å². The molecule has 0 unspecified atom stereocenters. The Labute approximate surface area is 123 Å². The van der Waals surface area contributed by atoms with Gasteiger partial charge in [0.25, 0.3) is 5.56 Å². The quantitative estimate of drug-likeness (QED) is 0.849. The van der Waals surface area contributed by atoms with E-state index >= 15 is 0 Å². The number of nitrogens with zero attached hydrogens (tertiary/aromatic N) is 1. The Morgan fingerprint density at radius 1 is 1.33 bits per heavy atom. The molecule has 0 spiro atoms. The van der Waals surface area contributed by atoms with Crippen molar-refractivity contribution in [1.29, 1.82) is 0 Å². The van der Waals surface area contributed by atoms with Crippen LogP contribution in [0.5, 0.6) is 11.5 Å². The van der Waals surface area contributed by atoms with Crippen LogP contribution < -0.4 is 10.3 Å². The molecule has 0 radical (unpaired) electrons. The molecule has 4 heteroatoms. The van der Waals surface area contributed by atoms with Crippen LogP contribution >= 0.6 is 15.9 Å². The van der Waals surface area contributed by atoms with Crippen molar-refractivity contribution in [2.45, 2.75) is 13.7 Å². The lowest BCUT2D eigenvalue weighted by atomic mass is 10.1. The predicted molar refractivity (Wildman–Crippen MR) is 75.4 cm³/mol. The minimum atomic E-state index is -2.55. The highest BCUT2D eigenvalue weighted by Crippen LogP contribution is 2.32. The maximum absolute atomic E-state index is 11.6. The third kappa shape index (κ3) is 2.48. The first-order valence-electron chi connectivity index (χ1n) is 8.09. The molecule has 0 atom stereocenters. The molecule has 0 saturated heterocycles. The molecule has 0 aliphatic carbocycles. The fourth-order valence-corrected chi connectivity index (χ4v) is 1.79. The molecule has 0 aliphatic heterocycles. The Hall–Kier alpha value is -1.55. The SMILES string of the molecule is [2H]C([2H])([2H])c1cccc(C([2H])([2H])[2H])c1Oc1cn(C)c(=O)cc1Br. The molecular weight excluding hydrogens is 294 g/mol. The molecule has 0 fully saturated rings. The number of ether oxygens (including phenoxy) is 1. The first-order valence-corrected chi connectivity index (χ1v) is 5.88. The maximum atomic E-state index is 11.6. The maximum Gasteiger partial charge on any atom is 0.251 e. The Balaban J connectivity index is 2.69. The summed E-state index contributed by atoms with van der Waals surface area (Å²) in [6.45, 7) is -5.10. The number of hydrogen-bond acceptors (Lipinski definition) is 2. The second-order valence-electron chi connectivity index (χ2n) is 3.72. The molecule has 1 aromatic heterocycles. The lowest BCUT2D eigenvalue weighted by Crippen LogP contribution is -2.14. The molecule has 94 valence electrons. The van der Waals surface area contributed by atoms with Gasteiger partial charge in [-0.2, -0.15) is 0 Å². The van der Waals surface area contributed by atoms with Crippen molar-refractivity contribution in [3.63, 3.8) is 0 Å². The van der Waals surface area contributed by atoms with Gasteiger partial charge < -0.3 is 9.30 Å². The molecule has 0 N–H and O–H groups in total. The first-order chi connectivity index (χ1) is 10.9. The van der Waals surface area contributed by atoms with Crippen LogP contribution in [0.2, 0.25) is 0 Å². The summed E-state index contributed by atoms with van der Waals surface area (Å²) >= 11 is 3.17. The number of benzene rings is 1. The molecule has 0 bridgehead atoms. The highest BCUT2D eigenvalue weighted by molar-refractivity contribution is 9.10. The van der Waals surface area contributed by atoms with E-state index in [1.807, 2.05) is 0 Å². The van der Waals surface area contributed by atoms with E-state index in [0.29, 0.717) is 4.47 Å². The van der Waals surface area contributed by atoms with Crippen molar-refractivity contribution in [3.05, 3.63) is 56.4 Å². The minimum absolute atomic E-state index is 0.138. The third-order valence-electron chi connectivity index (χ3n) is 2.37. The van der Waals surface area contributed by atoms with E-state index in [2.05, 4.69) is 15.9 Å². The molecule has 0 saturated carbocycles. The number of hydrogen-bond donors (Lipinski definition) is 0. The summed E-state index contributed by atoms with van der Waals surface area (Å²) in [6.07, 6.45) is 1.35. The molecule has 2 rings (SSSR count). The monoisotopic (exact) mass is 313 g/mol. The number of aromatic nitrogens is 1. The first kappa shape index (κ1) is 7.14. The average Bonchev–Trinajstić information content (AvgIpc) is 2.42. The van der Waals surface area contributed by atoms with Crippen molar-refractivity contribution in [3.8, 4) is 11.5 Å². The molecule has 1 aromatic carbocycles. The van der Waals surface area contributed by atoms with Crippen molar-refractivity contribution in [1.82, 2.24) is 4.57 Å². The van der Waals surface area contributed by atoms with Crippen LogP contribution in [0.15, 0.2) is 39.7 Å². The van der Waals surface area contributed by atoms with Crippen LogP contribution in [-0.2, 0) is 7.05 Å². The van der Waals surface area contributed by atoms with E-state index in [1.54, 1.807) is 0 Å². The van der Waals surface area contributed by atoms with Crippen molar-refractivity contribution >= 4 is 15.9 Å². The largest absolute Gasteiger partial charge is 0.454 e. The lowest BCUT2D eigenvalue weighted by Gasteiger charge is -2.13. The topological polar surface area (TPSA) is 31.2 Å². The zero-order chi connectivity index (χ0) is 18.3. The lowest BCUT2D eigenvalue weighted by molar-refractivity contribution is 0.465. The van der Waals surface area contributed by atoms with Gasteiger partial charge in [-0.25, -0.2) is 0 Å². The van der Waals surface area contributed by atoms with Crippen LogP contribution in [-0.4, -0.2) is 4.57 Å². The smallest absolute Gasteiger partial charge is 0.251 e. The minimum Gasteiger partial charge on any atom is -0.454 e. The summed E-state index contributed by atoms with van der Waals surface area (Å²) in [6, 6.07) is 5.22. The predicted octanol–water partition coefficient (Wildman–Crippen LogP) is 3.56. The summed E-state index contributed by atoms with van der Waals surface area (Å²) in [5.41, 5.74) is -0.719. The number of rotatable bonds is 2. The van der Waals surface area contributed by atoms with E-state index in [1.165, 1.54) is 42.1 Å².